The van der Waals surface area contributed by atoms with Crippen LogP contribution in [0.1, 0.15) is 17.3 Å². The number of aromatic nitrogens is 1. The number of rotatable bonds is 5. The molecule has 0 radical (unpaired) electrons. The molecule has 0 saturated heterocycles. The molecule has 0 aliphatic rings. The van der Waals surface area contributed by atoms with Crippen molar-refractivity contribution >= 4 is 17.5 Å². The number of benzene rings is 2. The van der Waals surface area contributed by atoms with Gasteiger partial charge in [0.15, 0.2) is 0 Å². The number of carbonyl (C=O) groups is 1. The van der Waals surface area contributed by atoms with Crippen LogP contribution in [-0.2, 0) is 4.74 Å². The molecule has 0 spiro atoms. The Bertz CT molecular complexity index is 844. The van der Waals surface area contributed by atoms with Crippen LogP contribution in [0.25, 0.3) is 11.3 Å². The van der Waals surface area contributed by atoms with E-state index < -0.39 is 11.8 Å². The van der Waals surface area contributed by atoms with Gasteiger partial charge in [0.2, 0.25) is 0 Å². The van der Waals surface area contributed by atoms with Crippen molar-refractivity contribution in [1.82, 2.24) is 4.98 Å². The molecule has 0 unspecified atom stereocenters. The Morgan fingerprint density at radius 1 is 1.12 bits per heavy atom. The summed E-state index contributed by atoms with van der Waals surface area (Å²) < 4.78 is 19.2. The zero-order chi connectivity index (χ0) is 16.9. The number of carbonyl (C=O) groups excluding carboxylic acids is 1. The first kappa shape index (κ1) is 15.8. The molecule has 5 heteroatoms. The van der Waals surface area contributed by atoms with E-state index in [9.17, 15) is 9.18 Å². The molecule has 0 bridgehead atoms. The lowest BCUT2D eigenvalue weighted by Crippen LogP contribution is -2.05. The van der Waals surface area contributed by atoms with E-state index in [0.717, 1.165) is 5.69 Å². The molecule has 4 nitrogen and oxygen atoms in total. The molecule has 0 fully saturated rings. The van der Waals surface area contributed by atoms with Crippen molar-refractivity contribution in [3.8, 4) is 11.3 Å². The van der Waals surface area contributed by atoms with Gasteiger partial charge in [-0.1, -0.05) is 30.3 Å². The van der Waals surface area contributed by atoms with Gasteiger partial charge in [-0.3, -0.25) is 0 Å². The average Bonchev–Trinajstić information content (AvgIpc) is 3.00. The summed E-state index contributed by atoms with van der Waals surface area (Å²) in [5.41, 5.74) is 1.86. The van der Waals surface area contributed by atoms with Crippen LogP contribution >= 0.6 is 0 Å². The summed E-state index contributed by atoms with van der Waals surface area (Å²) in [5, 5.41) is 3.17. The fourth-order valence-electron chi connectivity index (χ4n) is 2.45. The maximum atomic E-state index is 14.1. The number of halogens is 1. The van der Waals surface area contributed by atoms with Gasteiger partial charge >= 0.3 is 5.97 Å². The van der Waals surface area contributed by atoms with E-state index in [1.54, 1.807) is 31.2 Å². The van der Waals surface area contributed by atoms with Gasteiger partial charge in [-0.2, -0.15) is 0 Å². The lowest BCUT2D eigenvalue weighted by Gasteiger charge is -2.05. The number of hydrogen-bond acceptors (Lipinski definition) is 3. The lowest BCUT2D eigenvalue weighted by molar-refractivity contribution is 0.0527. The molecule has 122 valence electrons. The van der Waals surface area contributed by atoms with Crippen molar-refractivity contribution in [3.05, 3.63) is 72.0 Å². The minimum absolute atomic E-state index is 0.252. The predicted octanol–water partition coefficient (Wildman–Crippen LogP) is 4.74. The molecular formula is C19H17FN2O2. The Balaban J connectivity index is 2.03. The number of esters is 1. The third-order valence-electron chi connectivity index (χ3n) is 3.51. The molecule has 3 aromatic rings. The van der Waals surface area contributed by atoms with E-state index in [1.165, 1.54) is 6.07 Å². The van der Waals surface area contributed by atoms with Crippen molar-refractivity contribution in [2.24, 2.45) is 0 Å². The Labute approximate surface area is 139 Å². The van der Waals surface area contributed by atoms with Crippen LogP contribution in [-0.4, -0.2) is 17.6 Å². The largest absolute Gasteiger partial charge is 0.462 e. The molecule has 3 rings (SSSR count). The number of aromatic amines is 1. The Morgan fingerprint density at radius 2 is 1.83 bits per heavy atom. The summed E-state index contributed by atoms with van der Waals surface area (Å²) in [5.74, 6) is -0.313. The molecule has 1 heterocycles. The summed E-state index contributed by atoms with van der Waals surface area (Å²) in [4.78, 5) is 15.3. The highest BCUT2D eigenvalue weighted by Crippen LogP contribution is 2.30. The van der Waals surface area contributed by atoms with Gasteiger partial charge < -0.3 is 15.0 Å². The molecule has 2 aromatic carbocycles. The highest BCUT2D eigenvalue weighted by atomic mass is 19.1. The van der Waals surface area contributed by atoms with E-state index in [1.807, 2.05) is 30.3 Å². The number of anilines is 2. The first-order valence-electron chi connectivity index (χ1n) is 7.66. The molecule has 24 heavy (non-hydrogen) atoms. The van der Waals surface area contributed by atoms with Crippen molar-refractivity contribution in [2.75, 3.05) is 11.9 Å². The lowest BCUT2D eigenvalue weighted by atomic mass is 10.1. The van der Waals surface area contributed by atoms with Crippen molar-refractivity contribution in [3.63, 3.8) is 0 Å². The van der Waals surface area contributed by atoms with Crippen molar-refractivity contribution in [1.29, 1.82) is 0 Å². The van der Waals surface area contributed by atoms with Gasteiger partial charge in [-0.05, 0) is 37.3 Å². The van der Waals surface area contributed by atoms with Crippen molar-refractivity contribution in [2.45, 2.75) is 6.92 Å². The molecule has 0 saturated carbocycles. The van der Waals surface area contributed by atoms with Crippen LogP contribution in [0, 0.1) is 5.82 Å². The Morgan fingerprint density at radius 3 is 2.54 bits per heavy atom. The molecule has 0 amide bonds. The maximum absolute atomic E-state index is 14.1. The minimum Gasteiger partial charge on any atom is -0.462 e. The number of para-hydroxylation sites is 1. The van der Waals surface area contributed by atoms with Gasteiger partial charge in [-0.15, -0.1) is 0 Å². The van der Waals surface area contributed by atoms with E-state index in [2.05, 4.69) is 10.3 Å². The van der Waals surface area contributed by atoms with Crippen molar-refractivity contribution < 1.29 is 13.9 Å². The fourth-order valence-corrected chi connectivity index (χ4v) is 2.45. The molecule has 0 aliphatic heterocycles. The summed E-state index contributed by atoms with van der Waals surface area (Å²) in [6, 6.07) is 17.4. The summed E-state index contributed by atoms with van der Waals surface area (Å²) in [7, 11) is 0. The third-order valence-corrected chi connectivity index (χ3v) is 3.51. The van der Waals surface area contributed by atoms with Crippen LogP contribution in [0.5, 0.6) is 0 Å². The molecule has 1 aromatic heterocycles. The SMILES string of the molecule is CCOC(=O)c1cc(Nc2ccccc2)[nH]c1-c1ccccc1F. The zero-order valence-electron chi connectivity index (χ0n) is 13.2. The second-order valence-corrected chi connectivity index (χ2v) is 5.16. The third kappa shape index (κ3) is 3.30. The summed E-state index contributed by atoms with van der Waals surface area (Å²) >= 11 is 0. The summed E-state index contributed by atoms with van der Waals surface area (Å²) in [6.07, 6.45) is 0. The van der Waals surface area contributed by atoms with Gasteiger partial charge in [0.1, 0.15) is 11.6 Å². The van der Waals surface area contributed by atoms with Gasteiger partial charge in [-0.25, -0.2) is 9.18 Å². The van der Waals surface area contributed by atoms with E-state index in [-0.39, 0.29) is 6.61 Å². The minimum atomic E-state index is -0.492. The molecular weight excluding hydrogens is 307 g/mol. The van der Waals surface area contributed by atoms with E-state index in [4.69, 9.17) is 4.74 Å². The normalized spacial score (nSPS) is 10.4. The maximum Gasteiger partial charge on any atom is 0.340 e. The molecule has 2 N–H and O–H groups in total. The van der Waals surface area contributed by atoms with Crippen LogP contribution in [0.15, 0.2) is 60.7 Å². The predicted molar refractivity (Wildman–Crippen MR) is 91.9 cm³/mol. The standard InChI is InChI=1S/C19H17FN2O2/c1-2-24-19(23)15-12-17(21-13-8-4-3-5-9-13)22-18(15)14-10-6-7-11-16(14)20/h3-12,21-22H,2H2,1H3. The summed E-state index contributed by atoms with van der Waals surface area (Å²) in [6.45, 7) is 1.98. The first-order chi connectivity index (χ1) is 11.7. The monoisotopic (exact) mass is 324 g/mol. The highest BCUT2D eigenvalue weighted by molar-refractivity contribution is 5.98. The van der Waals surface area contributed by atoms with Gasteiger partial charge in [0.05, 0.1) is 17.9 Å². The smallest absolute Gasteiger partial charge is 0.340 e. The van der Waals surface area contributed by atoms with E-state index in [0.29, 0.717) is 22.6 Å². The first-order valence-corrected chi connectivity index (χ1v) is 7.66. The Hall–Kier alpha value is -3.08. The number of H-pyrrole nitrogens is 1. The zero-order valence-corrected chi connectivity index (χ0v) is 13.2. The Kier molecular flexibility index (Phi) is 4.61. The highest BCUT2D eigenvalue weighted by Gasteiger charge is 2.20. The molecule has 0 atom stereocenters. The van der Waals surface area contributed by atoms with Crippen LogP contribution in [0.4, 0.5) is 15.9 Å². The number of nitrogens with one attached hydrogen (secondary N) is 2. The van der Waals surface area contributed by atoms with E-state index >= 15 is 0 Å². The van der Waals surface area contributed by atoms with Gasteiger partial charge in [0.25, 0.3) is 0 Å². The fraction of sp³-hybridized carbons (Fsp3) is 0.105. The number of hydrogen-bond donors (Lipinski definition) is 2. The molecule has 0 aliphatic carbocycles. The average molecular weight is 324 g/mol. The quantitative estimate of drug-likeness (QED) is 0.666. The van der Waals surface area contributed by atoms with Crippen LogP contribution in [0.2, 0.25) is 0 Å². The number of ether oxygens (including phenoxy) is 1. The second-order valence-electron chi connectivity index (χ2n) is 5.16. The van der Waals surface area contributed by atoms with Gasteiger partial charge in [0, 0.05) is 11.3 Å². The second kappa shape index (κ2) is 7.00. The van der Waals surface area contributed by atoms with Crippen LogP contribution < -0.4 is 5.32 Å². The topological polar surface area (TPSA) is 54.1 Å². The van der Waals surface area contributed by atoms with Crippen LogP contribution in [0.3, 0.4) is 0 Å².